The van der Waals surface area contributed by atoms with Crippen LogP contribution in [0.15, 0.2) is 24.3 Å². The molecule has 30 heavy (non-hydrogen) atoms. The molecule has 0 aliphatic heterocycles. The largest absolute Gasteiger partial charge is 0.353 e. The Bertz CT molecular complexity index is 654. The van der Waals surface area contributed by atoms with Crippen LogP contribution in [0.5, 0.6) is 0 Å². The number of benzene rings is 1. The average molecular weight is 414 g/mol. The molecule has 4 N–H and O–H groups in total. The minimum Gasteiger partial charge on any atom is -0.353 e. The summed E-state index contributed by atoms with van der Waals surface area (Å²) in [5.74, 6) is 2.90. The molecule has 1 saturated carbocycles. The van der Waals surface area contributed by atoms with E-state index in [-0.39, 0.29) is 29.3 Å². The molecule has 1 aromatic rings. The Morgan fingerprint density at radius 3 is 2.43 bits per heavy atom. The van der Waals surface area contributed by atoms with Gasteiger partial charge in [0.15, 0.2) is 0 Å². The minimum atomic E-state index is -0.342. The lowest BCUT2D eigenvalue weighted by Crippen LogP contribution is -2.47. The van der Waals surface area contributed by atoms with E-state index >= 15 is 0 Å². The quantitative estimate of drug-likeness (QED) is 0.463. The van der Waals surface area contributed by atoms with Crippen molar-refractivity contribution in [1.82, 2.24) is 10.6 Å². The molecule has 1 fully saturated rings. The SMILES string of the molecule is C#CC1C[C@H](NC(=O)C(C)(C)C)CC[C@H]1N.CCCNCCCc1ccc(C)cc1. The summed E-state index contributed by atoms with van der Waals surface area (Å²) in [7, 11) is 0. The van der Waals surface area contributed by atoms with E-state index in [0.717, 1.165) is 32.4 Å². The first kappa shape index (κ1) is 26.2. The zero-order chi connectivity index (χ0) is 22.6. The molecule has 4 nitrogen and oxygen atoms in total. The standard InChI is InChI=1S/C13H22N2O.C13H21N/c1-5-9-8-10(6-7-11(9)14)15-12(16)13(2,3)4;1-3-10-14-11-4-5-13-8-6-12(2)7-9-13/h1,9-11H,6-8,14H2,2-4H3,(H,15,16);6-9,14H,3-5,10-11H2,1-2H3/t9?,10-,11-;/m1./s1. The van der Waals surface area contributed by atoms with Gasteiger partial charge in [-0.3, -0.25) is 4.79 Å². The molecule has 0 bridgehead atoms. The molecule has 4 heteroatoms. The molecule has 1 aliphatic rings. The van der Waals surface area contributed by atoms with Gasteiger partial charge >= 0.3 is 0 Å². The van der Waals surface area contributed by atoms with Crippen LogP contribution in [0.1, 0.15) is 70.9 Å². The molecule has 168 valence electrons. The lowest BCUT2D eigenvalue weighted by atomic mass is 9.82. The predicted molar refractivity (Wildman–Crippen MR) is 128 cm³/mol. The first-order valence-corrected chi connectivity index (χ1v) is 11.5. The van der Waals surface area contributed by atoms with Gasteiger partial charge in [0.1, 0.15) is 0 Å². The highest BCUT2D eigenvalue weighted by atomic mass is 16.2. The van der Waals surface area contributed by atoms with Crippen LogP contribution in [0.3, 0.4) is 0 Å². The van der Waals surface area contributed by atoms with Crippen LogP contribution in [-0.2, 0) is 11.2 Å². The van der Waals surface area contributed by atoms with Gasteiger partial charge < -0.3 is 16.4 Å². The maximum absolute atomic E-state index is 11.8. The zero-order valence-corrected chi connectivity index (χ0v) is 19.8. The van der Waals surface area contributed by atoms with Crippen LogP contribution < -0.4 is 16.4 Å². The number of hydrogen-bond acceptors (Lipinski definition) is 3. The van der Waals surface area contributed by atoms with Crippen molar-refractivity contribution >= 4 is 5.91 Å². The molecule has 1 amide bonds. The van der Waals surface area contributed by atoms with E-state index in [0.29, 0.717) is 0 Å². The Kier molecular flexibility index (Phi) is 11.8. The van der Waals surface area contributed by atoms with Gasteiger partial charge in [0.05, 0.1) is 0 Å². The van der Waals surface area contributed by atoms with E-state index in [1.165, 1.54) is 30.4 Å². The molecule has 2 rings (SSSR count). The number of nitrogens with two attached hydrogens (primary N) is 1. The van der Waals surface area contributed by atoms with Crippen LogP contribution in [0.4, 0.5) is 0 Å². The monoisotopic (exact) mass is 413 g/mol. The molecule has 1 unspecified atom stereocenters. The van der Waals surface area contributed by atoms with Gasteiger partial charge in [-0.1, -0.05) is 57.5 Å². The van der Waals surface area contributed by atoms with Crippen molar-refractivity contribution in [3.63, 3.8) is 0 Å². The number of terminal acetylenes is 1. The summed E-state index contributed by atoms with van der Waals surface area (Å²) in [4.78, 5) is 11.8. The number of rotatable bonds is 7. The van der Waals surface area contributed by atoms with Gasteiger partial charge in [-0.2, -0.15) is 0 Å². The summed E-state index contributed by atoms with van der Waals surface area (Å²) in [6, 6.07) is 9.12. The highest BCUT2D eigenvalue weighted by Gasteiger charge is 2.30. The van der Waals surface area contributed by atoms with Crippen molar-refractivity contribution in [2.45, 2.75) is 85.2 Å². The molecule has 0 saturated heterocycles. The minimum absolute atomic E-state index is 0.0868. The second-order valence-corrected chi connectivity index (χ2v) is 9.51. The number of carbonyl (C=O) groups is 1. The summed E-state index contributed by atoms with van der Waals surface area (Å²) in [6.07, 6.45) is 11.7. The van der Waals surface area contributed by atoms with Crippen molar-refractivity contribution < 1.29 is 4.79 Å². The van der Waals surface area contributed by atoms with Crippen molar-refractivity contribution in [1.29, 1.82) is 0 Å². The highest BCUT2D eigenvalue weighted by Crippen LogP contribution is 2.24. The van der Waals surface area contributed by atoms with Gasteiger partial charge in [0.25, 0.3) is 0 Å². The van der Waals surface area contributed by atoms with Gasteiger partial charge in [0, 0.05) is 23.4 Å². The number of aryl methyl sites for hydroxylation is 2. The van der Waals surface area contributed by atoms with Crippen molar-refractivity contribution in [3.05, 3.63) is 35.4 Å². The first-order valence-electron chi connectivity index (χ1n) is 11.5. The molecule has 1 aromatic carbocycles. The molecule has 1 aliphatic carbocycles. The average Bonchev–Trinajstić information content (AvgIpc) is 2.70. The van der Waals surface area contributed by atoms with Crippen LogP contribution in [-0.4, -0.2) is 31.1 Å². The van der Waals surface area contributed by atoms with Crippen molar-refractivity contribution in [3.8, 4) is 12.3 Å². The first-order chi connectivity index (χ1) is 14.2. The normalized spacial score (nSPS) is 21.2. The van der Waals surface area contributed by atoms with Crippen LogP contribution in [0.2, 0.25) is 0 Å². The smallest absolute Gasteiger partial charge is 0.225 e. The summed E-state index contributed by atoms with van der Waals surface area (Å²) < 4.78 is 0. The third-order valence-electron chi connectivity index (χ3n) is 5.50. The maximum atomic E-state index is 11.8. The van der Waals surface area contributed by atoms with E-state index in [4.69, 9.17) is 12.2 Å². The Hall–Kier alpha value is -1.83. The van der Waals surface area contributed by atoms with Crippen LogP contribution >= 0.6 is 0 Å². The maximum Gasteiger partial charge on any atom is 0.225 e. The highest BCUT2D eigenvalue weighted by molar-refractivity contribution is 5.81. The number of amides is 1. The van der Waals surface area contributed by atoms with E-state index in [9.17, 15) is 4.79 Å². The number of nitrogens with one attached hydrogen (secondary N) is 2. The fourth-order valence-corrected chi connectivity index (χ4v) is 3.39. The Morgan fingerprint density at radius 2 is 1.87 bits per heavy atom. The molecule has 3 atom stereocenters. The van der Waals surface area contributed by atoms with Gasteiger partial charge in [-0.05, 0) is 64.1 Å². The van der Waals surface area contributed by atoms with Crippen LogP contribution in [0.25, 0.3) is 0 Å². The summed E-state index contributed by atoms with van der Waals surface area (Å²) >= 11 is 0. The molecular weight excluding hydrogens is 370 g/mol. The molecule has 0 radical (unpaired) electrons. The fourth-order valence-electron chi connectivity index (χ4n) is 3.39. The lowest BCUT2D eigenvalue weighted by Gasteiger charge is -2.33. The van der Waals surface area contributed by atoms with E-state index in [2.05, 4.69) is 54.7 Å². The van der Waals surface area contributed by atoms with Gasteiger partial charge in [-0.25, -0.2) is 0 Å². The van der Waals surface area contributed by atoms with E-state index in [1.807, 2.05) is 20.8 Å². The van der Waals surface area contributed by atoms with Crippen molar-refractivity contribution in [2.24, 2.45) is 17.1 Å². The topological polar surface area (TPSA) is 67.2 Å². The third-order valence-corrected chi connectivity index (χ3v) is 5.50. The number of hydrogen-bond donors (Lipinski definition) is 3. The molecule has 0 aromatic heterocycles. The second-order valence-electron chi connectivity index (χ2n) is 9.51. The fraction of sp³-hybridized carbons (Fsp3) is 0.654. The molecular formula is C26H43N3O. The predicted octanol–water partition coefficient (Wildman–Crippen LogP) is 4.21. The van der Waals surface area contributed by atoms with Gasteiger partial charge in [-0.15, -0.1) is 12.3 Å². The Labute approximate surface area is 184 Å². The third kappa shape index (κ3) is 10.3. The van der Waals surface area contributed by atoms with Gasteiger partial charge in [0.2, 0.25) is 5.91 Å². The van der Waals surface area contributed by atoms with E-state index in [1.54, 1.807) is 0 Å². The van der Waals surface area contributed by atoms with E-state index < -0.39 is 0 Å². The summed E-state index contributed by atoms with van der Waals surface area (Å²) in [5.41, 5.74) is 8.37. The summed E-state index contributed by atoms with van der Waals surface area (Å²) in [6.45, 7) is 12.4. The zero-order valence-electron chi connectivity index (χ0n) is 19.8. The number of carbonyl (C=O) groups excluding carboxylic acids is 1. The Balaban J connectivity index is 0.000000303. The molecule has 0 spiro atoms. The lowest BCUT2D eigenvalue weighted by molar-refractivity contribution is -0.129. The summed E-state index contributed by atoms with van der Waals surface area (Å²) in [5, 5.41) is 6.47. The Morgan fingerprint density at radius 1 is 1.20 bits per heavy atom. The van der Waals surface area contributed by atoms with Crippen LogP contribution in [0, 0.1) is 30.6 Å². The second kappa shape index (κ2) is 13.5. The molecule has 0 heterocycles. The van der Waals surface area contributed by atoms with Crippen molar-refractivity contribution in [2.75, 3.05) is 13.1 Å².